The molecule has 1 heterocycles. The third kappa shape index (κ3) is 3.97. The molecule has 3 aromatic rings. The Morgan fingerprint density at radius 2 is 1.81 bits per heavy atom. The molecule has 26 heavy (non-hydrogen) atoms. The molecular formula is C20H12Cl2N2O2. The Kier molecular flexibility index (Phi) is 5.43. The quantitative estimate of drug-likeness (QED) is 0.457. The second-order valence-electron chi connectivity index (χ2n) is 5.29. The maximum atomic E-state index is 12.2. The van der Waals surface area contributed by atoms with Crippen LogP contribution in [0.4, 0.5) is 5.69 Å². The highest BCUT2D eigenvalue weighted by atomic mass is 35.5. The highest BCUT2D eigenvalue weighted by Crippen LogP contribution is 2.34. The van der Waals surface area contributed by atoms with E-state index in [4.69, 9.17) is 27.6 Å². The van der Waals surface area contributed by atoms with E-state index in [1.807, 2.05) is 12.1 Å². The highest BCUT2D eigenvalue weighted by molar-refractivity contribution is 6.43. The number of nitrogens with zero attached hydrogens (tertiary/aromatic N) is 1. The van der Waals surface area contributed by atoms with Crippen molar-refractivity contribution in [2.45, 2.75) is 0 Å². The molecule has 0 unspecified atom stereocenters. The summed E-state index contributed by atoms with van der Waals surface area (Å²) >= 11 is 12.2. The zero-order valence-corrected chi connectivity index (χ0v) is 14.9. The summed E-state index contributed by atoms with van der Waals surface area (Å²) in [5.74, 6) is 0.331. The van der Waals surface area contributed by atoms with Crippen molar-refractivity contribution in [3.63, 3.8) is 0 Å². The molecule has 2 aromatic carbocycles. The number of amides is 1. The van der Waals surface area contributed by atoms with Gasteiger partial charge >= 0.3 is 0 Å². The summed E-state index contributed by atoms with van der Waals surface area (Å²) < 4.78 is 5.69. The Morgan fingerprint density at radius 3 is 2.54 bits per heavy atom. The van der Waals surface area contributed by atoms with Gasteiger partial charge in [-0.3, -0.25) is 4.79 Å². The van der Waals surface area contributed by atoms with E-state index in [2.05, 4.69) is 5.32 Å². The molecule has 0 aliphatic rings. The molecule has 0 aliphatic heterocycles. The Balaban J connectivity index is 1.84. The van der Waals surface area contributed by atoms with E-state index < -0.39 is 5.91 Å². The Bertz CT molecular complexity index is 1020. The first kappa shape index (κ1) is 17.8. The average molecular weight is 383 g/mol. The lowest BCUT2D eigenvalue weighted by Crippen LogP contribution is -2.13. The van der Waals surface area contributed by atoms with Crippen molar-refractivity contribution in [2.24, 2.45) is 0 Å². The number of para-hydroxylation sites is 1. The number of benzene rings is 2. The summed E-state index contributed by atoms with van der Waals surface area (Å²) in [6.45, 7) is 0. The number of halogens is 2. The van der Waals surface area contributed by atoms with Crippen molar-refractivity contribution in [3.8, 4) is 17.4 Å². The normalized spacial score (nSPS) is 11.0. The van der Waals surface area contributed by atoms with E-state index in [0.717, 1.165) is 0 Å². The number of furan rings is 1. The van der Waals surface area contributed by atoms with Gasteiger partial charge in [0.1, 0.15) is 23.2 Å². The van der Waals surface area contributed by atoms with Crippen molar-refractivity contribution in [1.29, 1.82) is 5.26 Å². The summed E-state index contributed by atoms with van der Waals surface area (Å²) in [6, 6.07) is 19.3. The highest BCUT2D eigenvalue weighted by Gasteiger charge is 2.13. The van der Waals surface area contributed by atoms with E-state index in [-0.39, 0.29) is 5.57 Å². The predicted octanol–water partition coefficient (Wildman–Crippen LogP) is 5.80. The fraction of sp³-hybridized carbons (Fsp3) is 0. The first-order valence-electron chi connectivity index (χ1n) is 7.61. The van der Waals surface area contributed by atoms with Crippen LogP contribution in [0.1, 0.15) is 5.76 Å². The molecule has 1 aromatic heterocycles. The van der Waals surface area contributed by atoms with Gasteiger partial charge in [-0.25, -0.2) is 0 Å². The van der Waals surface area contributed by atoms with Gasteiger partial charge in [-0.1, -0.05) is 47.5 Å². The molecule has 0 aliphatic carbocycles. The summed E-state index contributed by atoms with van der Waals surface area (Å²) in [6.07, 6.45) is 1.38. The summed E-state index contributed by atoms with van der Waals surface area (Å²) in [5.41, 5.74) is 1.16. The first-order chi connectivity index (χ1) is 12.6. The van der Waals surface area contributed by atoms with Gasteiger partial charge in [-0.2, -0.15) is 5.26 Å². The minimum atomic E-state index is -0.516. The molecule has 1 N–H and O–H groups in total. The van der Waals surface area contributed by atoms with Crippen molar-refractivity contribution in [2.75, 3.05) is 5.32 Å². The summed E-state index contributed by atoms with van der Waals surface area (Å²) in [5, 5.41) is 12.7. The topological polar surface area (TPSA) is 66.0 Å². The third-order valence-corrected chi connectivity index (χ3v) is 4.35. The van der Waals surface area contributed by atoms with Crippen LogP contribution in [0.2, 0.25) is 10.0 Å². The molecule has 0 saturated heterocycles. The molecule has 0 spiro atoms. The van der Waals surface area contributed by atoms with E-state index in [9.17, 15) is 10.1 Å². The number of anilines is 1. The van der Waals surface area contributed by atoms with E-state index >= 15 is 0 Å². The molecule has 1 amide bonds. The molecule has 128 valence electrons. The largest absolute Gasteiger partial charge is 0.457 e. The molecule has 4 nitrogen and oxygen atoms in total. The second-order valence-corrected chi connectivity index (χ2v) is 6.08. The molecule has 0 atom stereocenters. The van der Waals surface area contributed by atoms with Gasteiger partial charge in [0, 0.05) is 17.3 Å². The number of nitrogens with one attached hydrogen (secondary N) is 1. The van der Waals surface area contributed by atoms with Gasteiger partial charge in [0.2, 0.25) is 0 Å². The first-order valence-corrected chi connectivity index (χ1v) is 8.36. The Labute approximate surface area is 160 Å². The fourth-order valence-electron chi connectivity index (χ4n) is 2.28. The van der Waals surface area contributed by atoms with Crippen LogP contribution in [0, 0.1) is 11.3 Å². The second kappa shape index (κ2) is 7.92. The van der Waals surface area contributed by atoms with Crippen molar-refractivity contribution < 1.29 is 9.21 Å². The smallest absolute Gasteiger partial charge is 0.266 e. The monoisotopic (exact) mass is 382 g/mol. The van der Waals surface area contributed by atoms with Crippen LogP contribution < -0.4 is 5.32 Å². The van der Waals surface area contributed by atoms with E-state index in [0.29, 0.717) is 32.8 Å². The lowest BCUT2D eigenvalue weighted by molar-refractivity contribution is -0.112. The van der Waals surface area contributed by atoms with Crippen LogP contribution in [0.25, 0.3) is 17.4 Å². The standard InChI is InChI=1S/C20H12Cl2N2O2/c21-17-8-4-7-16(19(17)22)18-10-9-15(26-18)11-13(12-23)20(25)24-14-5-2-1-3-6-14/h1-11H,(H,24,25)/b13-11+. The zero-order chi connectivity index (χ0) is 18.5. The van der Waals surface area contributed by atoms with Crippen LogP contribution in [0.5, 0.6) is 0 Å². The van der Waals surface area contributed by atoms with Gasteiger partial charge < -0.3 is 9.73 Å². The molecule has 6 heteroatoms. The lowest BCUT2D eigenvalue weighted by Gasteiger charge is -2.03. The maximum Gasteiger partial charge on any atom is 0.266 e. The van der Waals surface area contributed by atoms with Crippen LogP contribution in [0.15, 0.2) is 70.7 Å². The van der Waals surface area contributed by atoms with Crippen LogP contribution >= 0.6 is 23.2 Å². The minimum absolute atomic E-state index is 0.0769. The third-order valence-electron chi connectivity index (χ3n) is 3.53. The van der Waals surface area contributed by atoms with Gasteiger partial charge in [-0.15, -0.1) is 0 Å². The van der Waals surface area contributed by atoms with Gasteiger partial charge in [-0.05, 0) is 36.4 Å². The van der Waals surface area contributed by atoms with E-state index in [1.54, 1.807) is 54.6 Å². The van der Waals surface area contributed by atoms with Gasteiger partial charge in [0.05, 0.1) is 10.0 Å². The summed E-state index contributed by atoms with van der Waals surface area (Å²) in [4.78, 5) is 12.2. The van der Waals surface area contributed by atoms with Crippen LogP contribution in [-0.4, -0.2) is 5.91 Å². The van der Waals surface area contributed by atoms with Crippen LogP contribution in [-0.2, 0) is 4.79 Å². The lowest BCUT2D eigenvalue weighted by atomic mass is 10.2. The van der Waals surface area contributed by atoms with Gasteiger partial charge in [0.25, 0.3) is 5.91 Å². The number of hydrogen-bond acceptors (Lipinski definition) is 3. The number of carbonyl (C=O) groups excluding carboxylic acids is 1. The van der Waals surface area contributed by atoms with Crippen molar-refractivity contribution in [3.05, 3.63) is 82.0 Å². The Hall–Kier alpha value is -3.00. The van der Waals surface area contributed by atoms with Crippen LogP contribution in [0.3, 0.4) is 0 Å². The molecule has 3 rings (SSSR count). The van der Waals surface area contributed by atoms with Crippen molar-refractivity contribution in [1.82, 2.24) is 0 Å². The number of carbonyl (C=O) groups is 1. The van der Waals surface area contributed by atoms with E-state index in [1.165, 1.54) is 6.08 Å². The molecule has 0 bridgehead atoms. The van der Waals surface area contributed by atoms with Gasteiger partial charge in [0.15, 0.2) is 0 Å². The average Bonchev–Trinajstić information content (AvgIpc) is 3.11. The zero-order valence-electron chi connectivity index (χ0n) is 13.4. The maximum absolute atomic E-state index is 12.2. The molecular weight excluding hydrogens is 371 g/mol. The number of nitriles is 1. The number of rotatable bonds is 4. The number of hydrogen-bond donors (Lipinski definition) is 1. The van der Waals surface area contributed by atoms with Crippen molar-refractivity contribution >= 4 is 40.9 Å². The minimum Gasteiger partial charge on any atom is -0.457 e. The SMILES string of the molecule is N#C/C(=C\c1ccc(-c2cccc(Cl)c2Cl)o1)C(=O)Nc1ccccc1. The molecule has 0 saturated carbocycles. The summed E-state index contributed by atoms with van der Waals surface area (Å²) in [7, 11) is 0. The molecule has 0 radical (unpaired) electrons. The molecule has 0 fully saturated rings. The predicted molar refractivity (Wildman–Crippen MR) is 103 cm³/mol. The Morgan fingerprint density at radius 1 is 1.04 bits per heavy atom. The fourth-order valence-corrected chi connectivity index (χ4v) is 2.67.